The Hall–Kier alpha value is -12.9. The van der Waals surface area contributed by atoms with Crippen LogP contribution in [0.2, 0.25) is 0 Å². The summed E-state index contributed by atoms with van der Waals surface area (Å²) in [5.74, 6) is 0. The maximum atomic E-state index is 10.3. The molecule has 5 aromatic heterocycles. The second-order valence-corrected chi connectivity index (χ2v) is 45.8. The van der Waals surface area contributed by atoms with Gasteiger partial charge in [0.2, 0.25) is 0 Å². The SMILES string of the molecule is [2H]c1c([2H])c([2H])c2c(c1[2H])c1cc(C(C)(C)C)ccc1n2-c1cc2c3c(c1)Nc1c(cc(-c4cc(C(C)(C)C)cc(C(C)(C)C)c4)cc1-c1c(-c4ccc5c(c4)sc4ccccc45)cccc1-c1ccc4c(c1)sc1ccccc14)B3c1cc(-c3cc(C(C)(C)C)cc(C(C)(C)C)c3)cc(-c3c(-c4ccc5c(c4)sc4ccccc45)cccc3-c3ccc4c(c3)sc3ccccc34)c1N2. The fourth-order valence-electron chi connectivity index (χ4n) is 20.8. The molecule has 0 saturated carbocycles. The molecule has 3 nitrogen and oxygen atoms in total. The predicted molar refractivity (Wildman–Crippen MR) is 573 cm³/mol. The highest BCUT2D eigenvalue weighted by molar-refractivity contribution is 7.27. The molecule has 0 spiro atoms. The second-order valence-electron chi connectivity index (χ2n) is 41.4. The minimum Gasteiger partial charge on any atom is -0.356 e. The van der Waals surface area contributed by atoms with E-state index < -0.39 is 6.71 Å². The summed E-state index contributed by atoms with van der Waals surface area (Å²) >= 11 is 7.40. The lowest BCUT2D eigenvalue weighted by atomic mass is 9.33. The van der Waals surface area contributed by atoms with E-state index in [4.69, 9.17) is 0 Å². The third kappa shape index (κ3) is 13.2. The Labute approximate surface area is 783 Å². The summed E-state index contributed by atoms with van der Waals surface area (Å²) in [4.78, 5) is 0. The van der Waals surface area contributed by atoms with E-state index in [0.29, 0.717) is 10.9 Å². The monoisotopic (exact) mass is 1750 g/mol. The molecule has 8 heteroatoms. The summed E-state index contributed by atoms with van der Waals surface area (Å²) in [5, 5.41) is 20.2. The Balaban J connectivity index is 0.879. The topological polar surface area (TPSA) is 29.0 Å². The van der Waals surface area contributed by atoms with Crippen LogP contribution < -0.4 is 27.0 Å². The van der Waals surface area contributed by atoms with Crippen LogP contribution in [0.3, 0.4) is 0 Å². The molecule has 2 aliphatic rings. The fourth-order valence-corrected chi connectivity index (χ4v) is 25.4. The number of para-hydroxylation sites is 1. The smallest absolute Gasteiger partial charge is 0.252 e. The molecule has 0 aliphatic carbocycles. The zero-order valence-electron chi connectivity index (χ0n) is 79.9. The Kier molecular flexibility index (Phi) is 17.1. The summed E-state index contributed by atoms with van der Waals surface area (Å²) < 4.78 is 51.5. The Morgan fingerprint density at radius 1 is 0.254 bits per heavy atom. The molecule has 0 radical (unpaired) electrons. The minimum atomic E-state index is -0.509. The van der Waals surface area contributed by atoms with Gasteiger partial charge >= 0.3 is 0 Å². The maximum Gasteiger partial charge on any atom is 0.252 e. The van der Waals surface area contributed by atoms with Crippen LogP contribution in [0, 0.1) is 0 Å². The summed E-state index contributed by atoms with van der Waals surface area (Å²) in [6.07, 6.45) is 0. The van der Waals surface area contributed by atoms with Gasteiger partial charge in [0.25, 0.3) is 6.71 Å². The van der Waals surface area contributed by atoms with Gasteiger partial charge in [-0.05, 0) is 240 Å². The molecule has 2 aliphatic heterocycles. The number of hydrogen-bond acceptors (Lipinski definition) is 6. The molecule has 2 N–H and O–H groups in total. The van der Waals surface area contributed by atoms with E-state index in [1.165, 1.54) is 103 Å². The highest BCUT2D eigenvalue weighted by Crippen LogP contribution is 2.54. The van der Waals surface area contributed by atoms with E-state index in [-0.39, 0.29) is 51.2 Å². The minimum absolute atomic E-state index is 0.0690. The van der Waals surface area contributed by atoms with Crippen molar-refractivity contribution < 1.29 is 5.48 Å². The highest BCUT2D eigenvalue weighted by Gasteiger charge is 2.43. The zero-order chi connectivity index (χ0) is 92.1. The van der Waals surface area contributed by atoms with Gasteiger partial charge in [0.1, 0.15) is 0 Å². The Bertz CT molecular complexity index is 8100. The quantitative estimate of drug-likeness (QED) is 0.141. The van der Waals surface area contributed by atoms with E-state index in [1.807, 2.05) is 45.3 Å². The van der Waals surface area contributed by atoms with E-state index in [2.05, 4.69) is 416 Å². The third-order valence-electron chi connectivity index (χ3n) is 27.9. The number of aromatic nitrogens is 1. The largest absolute Gasteiger partial charge is 0.356 e. The summed E-state index contributed by atoms with van der Waals surface area (Å²) in [6, 6.07) is 113. The first-order valence-electron chi connectivity index (χ1n) is 47.6. The summed E-state index contributed by atoms with van der Waals surface area (Å²) in [5.41, 5.74) is 31.4. The lowest BCUT2D eigenvalue weighted by Gasteiger charge is -2.38. The molecule has 0 bridgehead atoms. The average Bonchev–Trinajstić information content (AvgIpc) is 1.18. The van der Waals surface area contributed by atoms with Crippen LogP contribution in [0.5, 0.6) is 0 Å². The van der Waals surface area contributed by atoms with Gasteiger partial charge in [-0.2, -0.15) is 0 Å². The fraction of sp³-hybridized carbons (Fsp3) is 0.164. The predicted octanol–water partition coefficient (Wildman–Crippen LogP) is 34.7. The van der Waals surface area contributed by atoms with Gasteiger partial charge in [-0.1, -0.05) is 334 Å². The first kappa shape index (κ1) is 76.0. The number of nitrogens with one attached hydrogen (secondary N) is 2. The van der Waals surface area contributed by atoms with Crippen molar-refractivity contribution in [3.8, 4) is 94.7 Å². The van der Waals surface area contributed by atoms with E-state index in [9.17, 15) is 5.48 Å². The lowest BCUT2D eigenvalue weighted by Crippen LogP contribution is -2.59. The van der Waals surface area contributed by atoms with Gasteiger partial charge in [-0.15, -0.1) is 45.3 Å². The maximum absolute atomic E-state index is 10.3. The van der Waals surface area contributed by atoms with E-state index in [0.717, 1.165) is 150 Å². The Morgan fingerprint density at radius 2 is 0.585 bits per heavy atom. The van der Waals surface area contributed by atoms with Gasteiger partial charge in [-0.25, -0.2) is 0 Å². The highest BCUT2D eigenvalue weighted by atomic mass is 32.1. The Morgan fingerprint density at radius 3 is 0.938 bits per heavy atom. The van der Waals surface area contributed by atoms with Crippen LogP contribution in [0.1, 0.15) is 137 Å². The standard InChI is InChI=1S/C122H100BN3S4/c1-118(2,3)77-46-51-104-96(66-77)87-28-16-21-37-103(87)126(104)82-67-101-115-102(68-82)125-117-98(114-85(71-44-49-94-90-31-19-24-40-107(90)129-111(94)62-71)35-27-36-86(114)72-45-50-95-91-32-20-25-41-108(91)130-112(95)63-72)57-76(74-54-80(121(10,11)12)65-81(55-74)122(13,14)15)59-100(117)123(115)99-58-75(73-52-78(119(4,5)6)64-79(53-73)120(7,8)9)56-97(116(99)124-101)113-83(69-42-47-92-88-29-17-22-38-105(88)127-109(92)60-69)33-26-34-84(113)70-43-48-93-89-30-18-23-39-106(89)128-110(93)61-70/h16-68,124-125H,1-15H3/i16D,21D,28D,37D. The van der Waals surface area contributed by atoms with Gasteiger partial charge in [0, 0.05) is 125 Å². The van der Waals surface area contributed by atoms with E-state index >= 15 is 0 Å². The van der Waals surface area contributed by atoms with Crippen molar-refractivity contribution in [2.75, 3.05) is 10.6 Å². The molecule has 7 heterocycles. The van der Waals surface area contributed by atoms with Gasteiger partial charge < -0.3 is 15.2 Å². The summed E-state index contributed by atoms with van der Waals surface area (Å²) in [7, 11) is 0. The van der Waals surface area contributed by atoms with Gasteiger partial charge in [0.15, 0.2) is 0 Å². The van der Waals surface area contributed by atoms with Gasteiger partial charge in [0.05, 0.1) is 22.2 Å². The number of fused-ring (bicyclic) bond motifs is 19. The molecule has 0 fully saturated rings. The molecule has 630 valence electrons. The molecule has 0 atom stereocenters. The number of benzene rings is 17. The van der Waals surface area contributed by atoms with Crippen molar-refractivity contribution in [3.05, 3.63) is 349 Å². The van der Waals surface area contributed by atoms with Crippen molar-refractivity contribution in [1.29, 1.82) is 0 Å². The molecule has 130 heavy (non-hydrogen) atoms. The van der Waals surface area contributed by atoms with Crippen LogP contribution in [0.4, 0.5) is 22.7 Å². The summed E-state index contributed by atoms with van der Waals surface area (Å²) in [6.45, 7) is 34.3. The number of nitrogens with zero attached hydrogens (tertiary/aromatic N) is 1. The number of anilines is 4. The first-order chi connectivity index (χ1) is 64.2. The van der Waals surface area contributed by atoms with Crippen molar-refractivity contribution in [3.63, 3.8) is 0 Å². The van der Waals surface area contributed by atoms with Crippen LogP contribution in [-0.2, 0) is 27.1 Å². The molecule has 0 unspecified atom stereocenters. The molecule has 0 saturated heterocycles. The van der Waals surface area contributed by atoms with Crippen molar-refractivity contribution in [2.24, 2.45) is 0 Å². The molecule has 17 aromatic carbocycles. The normalized spacial score (nSPS) is 13.6. The molecular formula is C122H100BN3S4. The second kappa shape index (κ2) is 29.3. The van der Waals surface area contributed by atoms with Crippen molar-refractivity contribution in [2.45, 2.75) is 131 Å². The lowest BCUT2D eigenvalue weighted by molar-refractivity contribution is 0.568. The van der Waals surface area contributed by atoms with Crippen molar-refractivity contribution >= 4 is 194 Å². The first-order valence-corrected chi connectivity index (χ1v) is 48.9. The van der Waals surface area contributed by atoms with E-state index in [1.54, 1.807) is 0 Å². The molecule has 22 aromatic rings. The number of thiophene rings is 4. The van der Waals surface area contributed by atoms with Crippen molar-refractivity contribution in [1.82, 2.24) is 4.57 Å². The van der Waals surface area contributed by atoms with Crippen LogP contribution in [0.25, 0.3) is 197 Å². The molecular weight excluding hydrogens is 1650 g/mol. The third-order valence-corrected chi connectivity index (χ3v) is 32.4. The average molecular weight is 1750 g/mol. The number of hydrogen-bond donors (Lipinski definition) is 2. The zero-order valence-corrected chi connectivity index (χ0v) is 79.2. The molecule has 0 amide bonds. The van der Waals surface area contributed by atoms with Crippen LogP contribution in [0.15, 0.2) is 321 Å². The van der Waals surface area contributed by atoms with Gasteiger partial charge in [-0.3, -0.25) is 0 Å². The van der Waals surface area contributed by atoms with Crippen LogP contribution >= 0.6 is 45.3 Å². The van der Waals surface area contributed by atoms with Crippen LogP contribution in [-0.4, -0.2) is 11.3 Å². The molecule has 24 rings (SSSR count). The number of rotatable bonds is 9.